The number of anilines is 1. The lowest BCUT2D eigenvalue weighted by Gasteiger charge is -2.24. The van der Waals surface area contributed by atoms with Crippen LogP contribution in [-0.2, 0) is 11.8 Å². The van der Waals surface area contributed by atoms with E-state index in [0.29, 0.717) is 27.0 Å². The number of thioether (sulfide) groups is 1. The van der Waals surface area contributed by atoms with Gasteiger partial charge in [-0.3, -0.25) is 19.2 Å². The van der Waals surface area contributed by atoms with Gasteiger partial charge in [0.25, 0.3) is 5.56 Å². The van der Waals surface area contributed by atoms with Crippen molar-refractivity contribution < 1.29 is 4.79 Å². The van der Waals surface area contributed by atoms with E-state index < -0.39 is 5.37 Å². The molecular weight excluding hydrogens is 429 g/mol. The average molecular weight is 448 g/mol. The van der Waals surface area contributed by atoms with E-state index in [4.69, 9.17) is 23.2 Å². The van der Waals surface area contributed by atoms with Crippen LogP contribution < -0.4 is 10.5 Å². The second-order valence-electron chi connectivity index (χ2n) is 6.88. The topological polar surface area (TPSA) is 47.2 Å². The quantitative estimate of drug-likeness (QED) is 0.569. The van der Waals surface area contributed by atoms with Crippen molar-refractivity contribution >= 4 is 46.6 Å². The van der Waals surface area contributed by atoms with Gasteiger partial charge in [0.15, 0.2) is 0 Å². The molecule has 0 radical (unpaired) electrons. The summed E-state index contributed by atoms with van der Waals surface area (Å²) in [5.41, 5.74) is 2.16. The van der Waals surface area contributed by atoms with Crippen LogP contribution in [0.15, 0.2) is 53.3 Å². The Kier molecular flexibility index (Phi) is 5.27. The van der Waals surface area contributed by atoms with Crippen LogP contribution >= 0.6 is 35.0 Å². The summed E-state index contributed by atoms with van der Waals surface area (Å²) in [6.45, 7) is 3.67. The molecule has 29 heavy (non-hydrogen) atoms. The third-order valence-electron chi connectivity index (χ3n) is 5.16. The Morgan fingerprint density at radius 2 is 1.59 bits per heavy atom. The second kappa shape index (κ2) is 7.59. The zero-order valence-electron chi connectivity index (χ0n) is 16.1. The van der Waals surface area contributed by atoms with Gasteiger partial charge < -0.3 is 0 Å². The second-order valence-corrected chi connectivity index (χ2v) is 9.12. The largest absolute Gasteiger partial charge is 0.295 e. The number of hydrogen-bond acceptors (Lipinski definition) is 3. The minimum absolute atomic E-state index is 0.137. The number of rotatable bonds is 3. The highest BCUT2D eigenvalue weighted by molar-refractivity contribution is 8.01. The van der Waals surface area contributed by atoms with Crippen LogP contribution in [-0.4, -0.2) is 20.5 Å². The fourth-order valence-corrected chi connectivity index (χ4v) is 5.70. The molecule has 0 unspecified atom stereocenters. The van der Waals surface area contributed by atoms with Gasteiger partial charge in [-0.2, -0.15) is 0 Å². The van der Waals surface area contributed by atoms with E-state index >= 15 is 0 Å². The summed E-state index contributed by atoms with van der Waals surface area (Å²) in [4.78, 5) is 28.2. The number of carbonyl (C=O) groups is 1. The lowest BCUT2D eigenvalue weighted by atomic mass is 10.1. The van der Waals surface area contributed by atoms with Crippen molar-refractivity contribution in [1.29, 1.82) is 0 Å². The molecule has 1 saturated heterocycles. The molecule has 0 aliphatic carbocycles. The standard InChI is InChI=1S/C21H19Cl2N3O2S/c1-12-18(20(28)26(24(12)3)14-8-5-4-6-9-14)25-19(27)13(2)29-21(25)17-15(22)10-7-11-16(17)23/h4-11,13,21H,1-3H3/t13-,21-/m1/s1. The van der Waals surface area contributed by atoms with Crippen molar-refractivity contribution in [2.75, 3.05) is 4.90 Å². The summed E-state index contributed by atoms with van der Waals surface area (Å²) >= 11 is 14.3. The van der Waals surface area contributed by atoms with Crippen molar-refractivity contribution in [3.05, 3.63) is 80.2 Å². The molecule has 1 aliphatic heterocycles. The Hall–Kier alpha value is -2.15. The maximum Gasteiger partial charge on any atom is 0.295 e. The number of amides is 1. The highest BCUT2D eigenvalue weighted by atomic mass is 35.5. The van der Waals surface area contributed by atoms with Gasteiger partial charge in [0.2, 0.25) is 5.91 Å². The highest BCUT2D eigenvalue weighted by Crippen LogP contribution is 2.49. The van der Waals surface area contributed by atoms with Crippen LogP contribution in [0, 0.1) is 6.92 Å². The maximum absolute atomic E-state index is 13.5. The molecule has 5 nitrogen and oxygen atoms in total. The molecule has 0 saturated carbocycles. The van der Waals surface area contributed by atoms with E-state index in [9.17, 15) is 9.59 Å². The first kappa shape index (κ1) is 20.1. The Bertz CT molecular complexity index is 1140. The average Bonchev–Trinajstić information content (AvgIpc) is 3.09. The Morgan fingerprint density at radius 3 is 2.21 bits per heavy atom. The van der Waals surface area contributed by atoms with Crippen LogP contribution in [0.25, 0.3) is 5.69 Å². The zero-order valence-corrected chi connectivity index (χ0v) is 18.4. The molecule has 2 heterocycles. The Labute approximate surface area is 182 Å². The van der Waals surface area contributed by atoms with Crippen molar-refractivity contribution in [2.24, 2.45) is 7.05 Å². The van der Waals surface area contributed by atoms with Gasteiger partial charge in [0.1, 0.15) is 11.1 Å². The number of halogens is 2. The molecule has 2 atom stereocenters. The molecule has 1 amide bonds. The summed E-state index contributed by atoms with van der Waals surface area (Å²) in [5, 5.41) is 0.144. The first-order chi connectivity index (χ1) is 13.8. The number of nitrogens with zero attached hydrogens (tertiary/aromatic N) is 3. The molecule has 4 rings (SSSR count). The molecular formula is C21H19Cl2N3O2S. The fourth-order valence-electron chi connectivity index (χ4n) is 3.63. The van der Waals surface area contributed by atoms with Crippen molar-refractivity contribution in [3.8, 4) is 5.69 Å². The zero-order chi connectivity index (χ0) is 20.9. The van der Waals surface area contributed by atoms with E-state index in [-0.39, 0.29) is 16.7 Å². The van der Waals surface area contributed by atoms with Crippen LogP contribution in [0.2, 0.25) is 10.0 Å². The lowest BCUT2D eigenvalue weighted by Crippen LogP contribution is -2.34. The molecule has 3 aromatic rings. The minimum atomic E-state index is -0.475. The third-order valence-corrected chi connectivity index (χ3v) is 7.14. The van der Waals surface area contributed by atoms with Gasteiger partial charge >= 0.3 is 0 Å². The van der Waals surface area contributed by atoms with E-state index in [2.05, 4.69) is 0 Å². The van der Waals surface area contributed by atoms with E-state index in [1.54, 1.807) is 32.5 Å². The SMILES string of the molecule is Cc1c(N2C(=O)[C@@H](C)S[C@@H]2c2c(Cl)cccc2Cl)c(=O)n(-c2ccccc2)n1C. The van der Waals surface area contributed by atoms with Gasteiger partial charge in [0, 0.05) is 22.7 Å². The van der Waals surface area contributed by atoms with Gasteiger partial charge in [-0.25, -0.2) is 4.68 Å². The predicted molar refractivity (Wildman–Crippen MR) is 119 cm³/mol. The number of benzene rings is 2. The predicted octanol–water partition coefficient (Wildman–Crippen LogP) is 4.96. The Balaban J connectivity index is 1.93. The molecule has 1 fully saturated rings. The van der Waals surface area contributed by atoms with E-state index in [0.717, 1.165) is 5.69 Å². The van der Waals surface area contributed by atoms with E-state index in [1.165, 1.54) is 11.8 Å². The van der Waals surface area contributed by atoms with Gasteiger partial charge in [-0.05, 0) is 38.1 Å². The maximum atomic E-state index is 13.5. The van der Waals surface area contributed by atoms with E-state index in [1.807, 2.05) is 51.2 Å². The number of aromatic nitrogens is 2. The molecule has 0 bridgehead atoms. The van der Waals surface area contributed by atoms with Gasteiger partial charge in [0.05, 0.1) is 16.6 Å². The van der Waals surface area contributed by atoms with Crippen molar-refractivity contribution in [2.45, 2.75) is 24.5 Å². The van der Waals surface area contributed by atoms with Crippen LogP contribution in [0.1, 0.15) is 23.6 Å². The first-order valence-electron chi connectivity index (χ1n) is 9.09. The number of hydrogen-bond donors (Lipinski definition) is 0. The van der Waals surface area contributed by atoms with Crippen LogP contribution in [0.5, 0.6) is 0 Å². The summed E-state index contributed by atoms with van der Waals surface area (Å²) in [5.74, 6) is -0.137. The molecule has 1 aromatic heterocycles. The molecule has 2 aromatic carbocycles. The summed E-state index contributed by atoms with van der Waals surface area (Å²) in [6, 6.07) is 14.6. The van der Waals surface area contributed by atoms with Crippen LogP contribution in [0.4, 0.5) is 5.69 Å². The number of carbonyl (C=O) groups excluding carboxylic acids is 1. The fraction of sp³-hybridized carbons (Fsp3) is 0.238. The monoisotopic (exact) mass is 447 g/mol. The first-order valence-corrected chi connectivity index (χ1v) is 10.8. The smallest absolute Gasteiger partial charge is 0.288 e. The summed E-state index contributed by atoms with van der Waals surface area (Å²) in [6.07, 6.45) is 0. The number of para-hydroxylation sites is 1. The molecule has 8 heteroatoms. The minimum Gasteiger partial charge on any atom is -0.288 e. The summed E-state index contributed by atoms with van der Waals surface area (Å²) in [7, 11) is 1.81. The van der Waals surface area contributed by atoms with Crippen molar-refractivity contribution in [1.82, 2.24) is 9.36 Å². The summed E-state index contributed by atoms with van der Waals surface area (Å²) < 4.78 is 3.33. The lowest BCUT2D eigenvalue weighted by molar-refractivity contribution is -0.117. The van der Waals surface area contributed by atoms with Gasteiger partial charge in [-0.1, -0.05) is 47.5 Å². The highest BCUT2D eigenvalue weighted by Gasteiger charge is 2.44. The van der Waals surface area contributed by atoms with Crippen LogP contribution in [0.3, 0.4) is 0 Å². The van der Waals surface area contributed by atoms with Gasteiger partial charge in [-0.15, -0.1) is 11.8 Å². The van der Waals surface area contributed by atoms with Crippen molar-refractivity contribution in [3.63, 3.8) is 0 Å². The third kappa shape index (κ3) is 3.19. The molecule has 0 spiro atoms. The molecule has 1 aliphatic rings. The molecule has 0 N–H and O–H groups in total. The normalized spacial score (nSPS) is 19.2. The molecule has 150 valence electrons. The Morgan fingerprint density at radius 1 is 0.966 bits per heavy atom.